The van der Waals surface area contributed by atoms with Crippen LogP contribution < -0.4 is 14.4 Å². The molecule has 28 heavy (non-hydrogen) atoms. The van der Waals surface area contributed by atoms with Crippen LogP contribution >= 0.6 is 0 Å². The number of phenols is 1. The molecule has 5 heteroatoms. The number of quaternary nitrogens is 1. The number of allylic oxidation sites excluding steroid dienone is 1. The molecular weight excluding hydrogens is 354 g/mol. The number of phenolic OH excluding ortho intramolecular Hbond substituents is 1. The van der Waals surface area contributed by atoms with Crippen LogP contribution in [-0.2, 0) is 6.54 Å². The lowest BCUT2D eigenvalue weighted by Gasteiger charge is -2.28. The fraction of sp³-hybridized carbons (Fsp3) is 0.348. The molecule has 1 fully saturated rings. The SMILES string of the molecule is COc1cccc(/C=C2\Oc3c(ccc(O)c3C[NH+]3CCC[C@H](C)C3)C2=O)c1. The first-order valence-corrected chi connectivity index (χ1v) is 9.82. The van der Waals surface area contributed by atoms with E-state index in [2.05, 4.69) is 6.92 Å². The number of aromatic hydroxyl groups is 1. The normalized spacial score (nSPS) is 22.8. The van der Waals surface area contributed by atoms with Crippen LogP contribution in [0.25, 0.3) is 6.08 Å². The van der Waals surface area contributed by atoms with E-state index in [1.165, 1.54) is 17.7 Å². The number of benzene rings is 2. The molecule has 2 aliphatic heterocycles. The van der Waals surface area contributed by atoms with Crippen molar-refractivity contribution in [3.63, 3.8) is 0 Å². The van der Waals surface area contributed by atoms with Crippen molar-refractivity contribution >= 4 is 11.9 Å². The average molecular weight is 380 g/mol. The first kappa shape index (κ1) is 18.6. The number of hydrogen-bond donors (Lipinski definition) is 2. The minimum atomic E-state index is -0.152. The van der Waals surface area contributed by atoms with E-state index in [-0.39, 0.29) is 17.3 Å². The van der Waals surface area contributed by atoms with Crippen molar-refractivity contribution in [3.05, 3.63) is 58.8 Å². The van der Waals surface area contributed by atoms with Crippen LogP contribution in [-0.4, -0.2) is 31.1 Å². The predicted molar refractivity (Wildman–Crippen MR) is 107 cm³/mol. The van der Waals surface area contributed by atoms with Crippen molar-refractivity contribution < 1.29 is 24.3 Å². The van der Waals surface area contributed by atoms with Gasteiger partial charge in [-0.3, -0.25) is 4.79 Å². The van der Waals surface area contributed by atoms with Crippen LogP contribution in [0.5, 0.6) is 17.2 Å². The molecule has 0 spiro atoms. The van der Waals surface area contributed by atoms with E-state index >= 15 is 0 Å². The van der Waals surface area contributed by atoms with Gasteiger partial charge in [-0.2, -0.15) is 0 Å². The van der Waals surface area contributed by atoms with E-state index in [1.54, 1.807) is 25.3 Å². The Morgan fingerprint density at radius 3 is 2.96 bits per heavy atom. The van der Waals surface area contributed by atoms with Crippen LogP contribution in [0, 0.1) is 5.92 Å². The molecule has 0 amide bonds. The van der Waals surface area contributed by atoms with Crippen LogP contribution in [0.4, 0.5) is 0 Å². The summed E-state index contributed by atoms with van der Waals surface area (Å²) in [6, 6.07) is 10.7. The van der Waals surface area contributed by atoms with Gasteiger partial charge in [0.05, 0.1) is 31.3 Å². The van der Waals surface area contributed by atoms with E-state index in [0.717, 1.165) is 30.0 Å². The van der Waals surface area contributed by atoms with Crippen molar-refractivity contribution in [2.75, 3.05) is 20.2 Å². The molecular formula is C23H26NO4+. The Labute approximate surface area is 165 Å². The number of nitrogens with one attached hydrogen (secondary N) is 1. The molecule has 2 aromatic rings. The van der Waals surface area contributed by atoms with Gasteiger partial charge in [-0.15, -0.1) is 0 Å². The van der Waals surface area contributed by atoms with Crippen LogP contribution in [0.3, 0.4) is 0 Å². The Morgan fingerprint density at radius 1 is 1.32 bits per heavy atom. The number of ketones is 1. The second kappa shape index (κ2) is 7.68. The van der Waals surface area contributed by atoms with Crippen LogP contribution in [0.1, 0.15) is 41.3 Å². The standard InChI is InChI=1S/C23H25NO4/c1-15-5-4-10-24(13-15)14-19-20(25)9-8-18-22(26)21(28-23(18)19)12-16-6-3-7-17(11-16)27-2/h3,6-9,11-12,15,25H,4-5,10,13-14H2,1-2H3/p+1/b21-12-/t15-/m0/s1. The van der Waals surface area contributed by atoms with Gasteiger partial charge in [0.15, 0.2) is 11.5 Å². The zero-order chi connectivity index (χ0) is 19.7. The summed E-state index contributed by atoms with van der Waals surface area (Å²) in [4.78, 5) is 14.3. The van der Waals surface area contributed by atoms with Gasteiger partial charge in [-0.05, 0) is 48.7 Å². The fourth-order valence-corrected chi connectivity index (χ4v) is 4.16. The van der Waals surface area contributed by atoms with Crippen molar-refractivity contribution in [2.45, 2.75) is 26.3 Å². The molecule has 2 atom stereocenters. The van der Waals surface area contributed by atoms with Crippen molar-refractivity contribution in [3.8, 4) is 17.2 Å². The highest BCUT2D eigenvalue weighted by Crippen LogP contribution is 2.39. The van der Waals surface area contributed by atoms with E-state index in [1.807, 2.05) is 24.3 Å². The number of likely N-dealkylation sites (tertiary alicyclic amines) is 1. The maximum atomic E-state index is 12.9. The molecule has 0 bridgehead atoms. The highest BCUT2D eigenvalue weighted by molar-refractivity contribution is 6.15. The summed E-state index contributed by atoms with van der Waals surface area (Å²) in [5.74, 6) is 2.22. The molecule has 5 nitrogen and oxygen atoms in total. The summed E-state index contributed by atoms with van der Waals surface area (Å²) in [7, 11) is 1.61. The van der Waals surface area contributed by atoms with Gasteiger partial charge in [0.25, 0.3) is 0 Å². The third-order valence-corrected chi connectivity index (χ3v) is 5.60. The number of rotatable bonds is 4. The maximum absolute atomic E-state index is 12.9. The summed E-state index contributed by atoms with van der Waals surface area (Å²) in [5, 5.41) is 10.5. The third kappa shape index (κ3) is 3.62. The molecule has 0 saturated carbocycles. The first-order chi connectivity index (χ1) is 13.5. The van der Waals surface area contributed by atoms with E-state index in [4.69, 9.17) is 9.47 Å². The minimum Gasteiger partial charge on any atom is -0.507 e. The maximum Gasteiger partial charge on any atom is 0.231 e. The monoisotopic (exact) mass is 380 g/mol. The zero-order valence-corrected chi connectivity index (χ0v) is 16.3. The molecule has 1 saturated heterocycles. The van der Waals surface area contributed by atoms with E-state index in [0.29, 0.717) is 23.8 Å². The fourth-order valence-electron chi connectivity index (χ4n) is 4.16. The highest BCUT2D eigenvalue weighted by Gasteiger charge is 2.33. The molecule has 2 aromatic carbocycles. The largest absolute Gasteiger partial charge is 0.507 e. The number of carbonyl (C=O) groups is 1. The number of carbonyl (C=O) groups excluding carboxylic acids is 1. The second-order valence-corrected chi connectivity index (χ2v) is 7.78. The van der Waals surface area contributed by atoms with Crippen molar-refractivity contribution in [2.24, 2.45) is 5.92 Å². The summed E-state index contributed by atoms with van der Waals surface area (Å²) in [6.07, 6.45) is 4.17. The number of hydrogen-bond acceptors (Lipinski definition) is 4. The number of methoxy groups -OCH3 is 1. The summed E-state index contributed by atoms with van der Waals surface area (Å²) in [6.45, 7) is 5.08. The van der Waals surface area contributed by atoms with Gasteiger partial charge >= 0.3 is 0 Å². The summed E-state index contributed by atoms with van der Waals surface area (Å²) in [5.41, 5.74) is 2.08. The number of ether oxygens (including phenoxy) is 2. The Hall–Kier alpha value is -2.79. The molecule has 0 aromatic heterocycles. The quantitative estimate of drug-likeness (QED) is 0.801. The van der Waals surface area contributed by atoms with Gasteiger partial charge < -0.3 is 19.5 Å². The van der Waals surface area contributed by atoms with Crippen molar-refractivity contribution in [1.29, 1.82) is 0 Å². The molecule has 2 aliphatic rings. The van der Waals surface area contributed by atoms with E-state index < -0.39 is 0 Å². The Kier molecular flexibility index (Phi) is 5.09. The van der Waals surface area contributed by atoms with Crippen molar-refractivity contribution in [1.82, 2.24) is 0 Å². The lowest BCUT2D eigenvalue weighted by atomic mass is 9.99. The van der Waals surface area contributed by atoms with Gasteiger partial charge in [-0.25, -0.2) is 0 Å². The number of piperidine rings is 1. The van der Waals surface area contributed by atoms with Gasteiger partial charge in [0, 0.05) is 5.92 Å². The Bertz CT molecular complexity index is 934. The lowest BCUT2D eigenvalue weighted by Crippen LogP contribution is -3.12. The smallest absolute Gasteiger partial charge is 0.231 e. The van der Waals surface area contributed by atoms with Gasteiger partial charge in [0.1, 0.15) is 18.0 Å². The van der Waals surface area contributed by atoms with Gasteiger partial charge in [-0.1, -0.05) is 19.1 Å². The highest BCUT2D eigenvalue weighted by atomic mass is 16.5. The molecule has 0 aliphatic carbocycles. The first-order valence-electron chi connectivity index (χ1n) is 9.82. The molecule has 2 heterocycles. The molecule has 4 rings (SSSR count). The summed E-state index contributed by atoms with van der Waals surface area (Å²) >= 11 is 0. The summed E-state index contributed by atoms with van der Waals surface area (Å²) < 4.78 is 11.2. The second-order valence-electron chi connectivity index (χ2n) is 7.78. The van der Waals surface area contributed by atoms with Crippen LogP contribution in [0.15, 0.2) is 42.2 Å². The zero-order valence-electron chi connectivity index (χ0n) is 16.3. The Balaban J connectivity index is 1.63. The molecule has 1 unspecified atom stereocenters. The Morgan fingerprint density at radius 2 is 2.18 bits per heavy atom. The third-order valence-electron chi connectivity index (χ3n) is 5.60. The van der Waals surface area contributed by atoms with Crippen LogP contribution in [0.2, 0.25) is 0 Å². The number of fused-ring (bicyclic) bond motifs is 1. The lowest BCUT2D eigenvalue weighted by molar-refractivity contribution is -0.922. The predicted octanol–water partition coefficient (Wildman–Crippen LogP) is 2.83. The number of Topliss-reactive ketones (excluding diaryl/α,β-unsaturated/α-hetero) is 1. The van der Waals surface area contributed by atoms with Gasteiger partial charge in [0.2, 0.25) is 5.78 Å². The topological polar surface area (TPSA) is 60.2 Å². The molecule has 146 valence electrons. The molecule has 2 N–H and O–H groups in total. The van der Waals surface area contributed by atoms with E-state index in [9.17, 15) is 9.90 Å². The molecule has 0 radical (unpaired) electrons. The average Bonchev–Trinajstić information content (AvgIpc) is 3.00. The minimum absolute atomic E-state index is 0.152.